The quantitative estimate of drug-likeness (QED) is 0.158. The molecule has 1 atom stereocenters. The number of carbonyl (C=O) groups is 2. The number of primary amides is 1. The first kappa shape index (κ1) is 31.2. The Morgan fingerprint density at radius 3 is 2.57 bits per heavy atom. The van der Waals surface area contributed by atoms with Gasteiger partial charge in [-0.2, -0.15) is 0 Å². The lowest BCUT2D eigenvalue weighted by molar-refractivity contribution is -0.116. The predicted octanol–water partition coefficient (Wildman–Crippen LogP) is 6.40. The average molecular weight is 614 g/mol. The number of hydrogen-bond donors (Lipinski definition) is 2. The average Bonchev–Trinajstić information content (AvgIpc) is 3.69. The fraction of sp³-hybridized carbons (Fsp3) is 0.394. The van der Waals surface area contributed by atoms with Crippen molar-refractivity contribution in [2.24, 2.45) is 12.8 Å². The number of nitrogens with two attached hydrogens (primary N) is 1. The molecule has 0 aliphatic heterocycles. The first-order chi connectivity index (χ1) is 20.8. The number of para-hydroxylation sites is 2. The van der Waals surface area contributed by atoms with E-state index in [1.54, 1.807) is 12.5 Å². The molecule has 3 heterocycles. The van der Waals surface area contributed by atoms with Crippen molar-refractivity contribution in [3.05, 3.63) is 78.8 Å². The molecule has 3 N–H and O–H groups in total. The zero-order valence-corrected chi connectivity index (χ0v) is 27.5. The highest BCUT2D eigenvalue weighted by Gasteiger charge is 2.39. The largest absolute Gasteiger partial charge is 0.397 e. The third-order valence-electron chi connectivity index (χ3n) is 8.79. The summed E-state index contributed by atoms with van der Waals surface area (Å²) in [6.07, 6.45) is 7.60. The van der Waals surface area contributed by atoms with E-state index in [9.17, 15) is 9.59 Å². The summed E-state index contributed by atoms with van der Waals surface area (Å²) in [5.41, 5.74) is 9.52. The van der Waals surface area contributed by atoms with Crippen LogP contribution in [-0.4, -0.2) is 43.8 Å². The second kappa shape index (κ2) is 12.4. The Balaban J connectivity index is 1.24. The molecule has 0 spiro atoms. The van der Waals surface area contributed by atoms with E-state index < -0.39 is 14.2 Å². The van der Waals surface area contributed by atoms with Crippen molar-refractivity contribution < 1.29 is 14.0 Å². The van der Waals surface area contributed by atoms with Gasteiger partial charge in [-0.3, -0.25) is 9.59 Å². The van der Waals surface area contributed by atoms with E-state index in [4.69, 9.17) is 10.2 Å². The number of carbonyl (C=O) groups excluding carboxylic acids is 2. The summed E-state index contributed by atoms with van der Waals surface area (Å²) in [6, 6.07) is 16.1. The van der Waals surface area contributed by atoms with Gasteiger partial charge in [0.2, 0.25) is 5.91 Å². The Bertz CT molecular complexity index is 1790. The van der Waals surface area contributed by atoms with Crippen LogP contribution in [0, 0.1) is 0 Å². The summed E-state index contributed by atoms with van der Waals surface area (Å²) < 4.78 is 12.9. The van der Waals surface area contributed by atoms with Gasteiger partial charge in [0.25, 0.3) is 5.91 Å². The molecule has 0 bridgehead atoms. The van der Waals surface area contributed by atoms with Gasteiger partial charge in [0.05, 0.1) is 22.9 Å². The van der Waals surface area contributed by atoms with Crippen molar-refractivity contribution >= 4 is 47.8 Å². The number of aryl methyl sites for hydroxylation is 3. The van der Waals surface area contributed by atoms with Crippen LogP contribution in [0.3, 0.4) is 0 Å². The van der Waals surface area contributed by atoms with Crippen LogP contribution in [0.25, 0.3) is 21.9 Å². The van der Waals surface area contributed by atoms with E-state index in [2.05, 4.69) is 66.0 Å². The lowest BCUT2D eigenvalue weighted by Crippen LogP contribution is -2.42. The maximum Gasteiger partial charge on any atom is 0.268 e. The fourth-order valence-electron chi connectivity index (χ4n) is 5.17. The van der Waals surface area contributed by atoms with Crippen LogP contribution in [-0.2, 0) is 29.2 Å². The van der Waals surface area contributed by atoms with Crippen molar-refractivity contribution in [2.45, 2.75) is 77.4 Å². The van der Waals surface area contributed by atoms with E-state index in [1.165, 1.54) is 0 Å². The van der Waals surface area contributed by atoms with E-state index >= 15 is 0 Å². The minimum atomic E-state index is -2.11. The van der Waals surface area contributed by atoms with Crippen LogP contribution < -0.4 is 11.1 Å². The SMILES string of the molecule is Cn1c(CCC(=O)Nc2ccc3ccn(CCC[C@@H](O[Si](C)(C)C(C)(C)C)n4cnc(C(N)=O)c4)c3c2)nc2ccccc21. The maximum absolute atomic E-state index is 12.9. The number of anilines is 1. The molecule has 44 heavy (non-hydrogen) atoms. The molecule has 232 valence electrons. The van der Waals surface area contributed by atoms with Crippen LogP contribution in [0.1, 0.15) is 62.6 Å². The summed E-state index contributed by atoms with van der Waals surface area (Å²) in [6.45, 7) is 11.8. The van der Waals surface area contributed by atoms with Crippen LogP contribution in [0.4, 0.5) is 5.69 Å². The minimum Gasteiger partial charge on any atom is -0.397 e. The molecule has 2 aromatic carbocycles. The second-order valence-electron chi connectivity index (χ2n) is 13.0. The third-order valence-corrected chi connectivity index (χ3v) is 13.3. The summed E-state index contributed by atoms with van der Waals surface area (Å²) in [7, 11) is -0.123. The summed E-state index contributed by atoms with van der Waals surface area (Å²) >= 11 is 0. The molecule has 3 aromatic heterocycles. The number of rotatable bonds is 12. The molecule has 5 rings (SSSR count). The Morgan fingerprint density at radius 1 is 1.09 bits per heavy atom. The minimum absolute atomic E-state index is 0.0291. The molecule has 11 heteroatoms. The van der Waals surface area contributed by atoms with E-state index in [0.29, 0.717) is 12.8 Å². The number of fused-ring (bicyclic) bond motifs is 2. The number of hydrogen-bond acceptors (Lipinski definition) is 5. The van der Waals surface area contributed by atoms with E-state index in [-0.39, 0.29) is 22.9 Å². The normalized spacial score (nSPS) is 13.0. The highest BCUT2D eigenvalue weighted by atomic mass is 28.4. The Hall–Kier alpha value is -4.22. The lowest BCUT2D eigenvalue weighted by Gasteiger charge is -2.39. The molecule has 10 nitrogen and oxygen atoms in total. The maximum atomic E-state index is 12.9. The topological polar surface area (TPSA) is 122 Å². The molecule has 0 unspecified atom stereocenters. The van der Waals surface area contributed by atoms with Gasteiger partial charge in [-0.1, -0.05) is 39.0 Å². The van der Waals surface area contributed by atoms with Crippen molar-refractivity contribution in [2.75, 3.05) is 5.32 Å². The van der Waals surface area contributed by atoms with Gasteiger partial charge in [0.15, 0.2) is 8.32 Å². The molecular formula is C33H43N7O3Si. The van der Waals surface area contributed by atoms with Crippen LogP contribution in [0.5, 0.6) is 0 Å². The molecule has 0 fully saturated rings. The smallest absolute Gasteiger partial charge is 0.268 e. The highest BCUT2D eigenvalue weighted by Crippen LogP contribution is 2.39. The Labute approximate surface area is 259 Å². The van der Waals surface area contributed by atoms with Gasteiger partial charge < -0.3 is 29.2 Å². The first-order valence-corrected chi connectivity index (χ1v) is 18.0. The monoisotopic (exact) mass is 613 g/mol. The molecule has 0 aliphatic rings. The molecule has 0 saturated carbocycles. The molecule has 2 amide bonds. The zero-order chi connectivity index (χ0) is 31.6. The standard InChI is InChI=1S/C33H43N7O3Si/c1-33(2,3)44(5,6)43-31(40-21-26(32(34)42)35-22-40)12-9-18-39-19-17-23-13-14-24(20-28(23)39)36-30(41)16-15-29-37-25-10-7-8-11-27(25)38(29)4/h7-8,10-11,13-14,17,19-22,31H,9,12,15-16,18H2,1-6H3,(H2,34,42)(H,36,41)/t31-/m1/s1. The number of amides is 2. The number of benzene rings is 2. The molecule has 5 aromatic rings. The van der Waals surface area contributed by atoms with Gasteiger partial charge in [-0.05, 0) is 66.7 Å². The number of nitrogens with one attached hydrogen (secondary N) is 1. The van der Waals surface area contributed by atoms with E-state index in [0.717, 1.165) is 52.8 Å². The third kappa shape index (κ3) is 6.79. The molecular weight excluding hydrogens is 570 g/mol. The van der Waals surface area contributed by atoms with E-state index in [1.807, 2.05) is 58.6 Å². The summed E-state index contributed by atoms with van der Waals surface area (Å²) in [5, 5.41) is 4.21. The second-order valence-corrected chi connectivity index (χ2v) is 17.7. The Kier molecular flexibility index (Phi) is 8.80. The zero-order valence-electron chi connectivity index (χ0n) is 26.5. The van der Waals surface area contributed by atoms with Gasteiger partial charge in [0, 0.05) is 44.5 Å². The Morgan fingerprint density at radius 2 is 1.86 bits per heavy atom. The fourth-order valence-corrected chi connectivity index (χ4v) is 6.44. The molecule has 0 radical (unpaired) electrons. The molecule has 0 saturated heterocycles. The van der Waals surface area contributed by atoms with Crippen molar-refractivity contribution in [1.82, 2.24) is 23.7 Å². The lowest BCUT2D eigenvalue weighted by atomic mass is 10.2. The van der Waals surface area contributed by atoms with Crippen LogP contribution >= 0.6 is 0 Å². The van der Waals surface area contributed by atoms with Gasteiger partial charge >= 0.3 is 0 Å². The predicted molar refractivity (Wildman–Crippen MR) is 177 cm³/mol. The highest BCUT2D eigenvalue weighted by molar-refractivity contribution is 6.74. The summed E-state index contributed by atoms with van der Waals surface area (Å²) in [5.74, 6) is 0.292. The summed E-state index contributed by atoms with van der Waals surface area (Å²) in [4.78, 5) is 33.4. The van der Waals surface area contributed by atoms with Gasteiger partial charge in [-0.15, -0.1) is 0 Å². The van der Waals surface area contributed by atoms with Crippen LogP contribution in [0.15, 0.2) is 67.3 Å². The van der Waals surface area contributed by atoms with Crippen molar-refractivity contribution in [3.63, 3.8) is 0 Å². The number of aromatic nitrogens is 5. The number of imidazole rings is 2. The van der Waals surface area contributed by atoms with Crippen molar-refractivity contribution in [3.8, 4) is 0 Å². The van der Waals surface area contributed by atoms with Crippen LogP contribution in [0.2, 0.25) is 18.1 Å². The van der Waals surface area contributed by atoms with Gasteiger partial charge in [0.1, 0.15) is 17.7 Å². The van der Waals surface area contributed by atoms with Gasteiger partial charge in [-0.25, -0.2) is 9.97 Å². The molecule has 0 aliphatic carbocycles. The number of nitrogens with zero attached hydrogens (tertiary/aromatic N) is 5. The van der Waals surface area contributed by atoms with Crippen molar-refractivity contribution in [1.29, 1.82) is 0 Å². The first-order valence-electron chi connectivity index (χ1n) is 15.1.